The maximum Gasteiger partial charge on any atom is 0.243 e. The molecule has 0 amide bonds. The standard InChI is InChI=1S/C8H11N5O/c1-5(9)8-10-7(12-14-8)6-3-4-13(2)11-6/h3-5H,9H2,1-2H3. The van der Waals surface area contributed by atoms with E-state index in [1.165, 1.54) is 0 Å². The molecule has 2 aromatic rings. The topological polar surface area (TPSA) is 82.8 Å². The van der Waals surface area contributed by atoms with E-state index in [1.807, 2.05) is 19.3 Å². The molecule has 2 N–H and O–H groups in total. The van der Waals surface area contributed by atoms with Crippen molar-refractivity contribution in [2.24, 2.45) is 12.8 Å². The van der Waals surface area contributed by atoms with E-state index < -0.39 is 0 Å². The minimum atomic E-state index is -0.250. The van der Waals surface area contributed by atoms with Crippen LogP contribution in [0.15, 0.2) is 16.8 Å². The Balaban J connectivity index is 2.33. The summed E-state index contributed by atoms with van der Waals surface area (Å²) < 4.78 is 6.63. The van der Waals surface area contributed by atoms with Gasteiger partial charge in [0.2, 0.25) is 11.7 Å². The Morgan fingerprint density at radius 2 is 2.36 bits per heavy atom. The maximum absolute atomic E-state index is 5.59. The molecule has 2 heterocycles. The summed E-state index contributed by atoms with van der Waals surface area (Å²) in [4.78, 5) is 4.11. The molecule has 0 fully saturated rings. The van der Waals surface area contributed by atoms with Gasteiger partial charge in [0, 0.05) is 13.2 Å². The van der Waals surface area contributed by atoms with Crippen LogP contribution in [-0.4, -0.2) is 19.9 Å². The lowest BCUT2D eigenvalue weighted by molar-refractivity contribution is 0.362. The summed E-state index contributed by atoms with van der Waals surface area (Å²) in [5.41, 5.74) is 6.27. The minimum Gasteiger partial charge on any atom is -0.337 e. The van der Waals surface area contributed by atoms with E-state index in [-0.39, 0.29) is 6.04 Å². The van der Waals surface area contributed by atoms with Crippen molar-refractivity contribution in [3.8, 4) is 11.5 Å². The zero-order valence-electron chi connectivity index (χ0n) is 8.01. The summed E-state index contributed by atoms with van der Waals surface area (Å²) in [5.74, 6) is 0.892. The van der Waals surface area contributed by atoms with Crippen molar-refractivity contribution in [3.05, 3.63) is 18.2 Å². The fourth-order valence-corrected chi connectivity index (χ4v) is 1.06. The lowest BCUT2D eigenvalue weighted by Gasteiger charge is -1.92. The average Bonchev–Trinajstić information content (AvgIpc) is 2.70. The SMILES string of the molecule is CC(N)c1nc(-c2ccn(C)n2)no1. The molecular formula is C8H11N5O. The first kappa shape index (κ1) is 8.89. The summed E-state index contributed by atoms with van der Waals surface area (Å²) in [7, 11) is 1.83. The second-order valence-electron chi connectivity index (χ2n) is 3.12. The van der Waals surface area contributed by atoms with Gasteiger partial charge in [0.1, 0.15) is 5.69 Å². The summed E-state index contributed by atoms with van der Waals surface area (Å²) >= 11 is 0. The van der Waals surface area contributed by atoms with Gasteiger partial charge in [-0.25, -0.2) is 0 Å². The van der Waals surface area contributed by atoms with Gasteiger partial charge in [-0.2, -0.15) is 10.1 Å². The first-order chi connectivity index (χ1) is 6.66. The molecule has 0 saturated heterocycles. The smallest absolute Gasteiger partial charge is 0.243 e. The van der Waals surface area contributed by atoms with Crippen LogP contribution in [-0.2, 0) is 7.05 Å². The van der Waals surface area contributed by atoms with Crippen LogP contribution in [0.3, 0.4) is 0 Å². The molecule has 6 heteroatoms. The van der Waals surface area contributed by atoms with Crippen molar-refractivity contribution in [2.45, 2.75) is 13.0 Å². The lowest BCUT2D eigenvalue weighted by Crippen LogP contribution is -2.04. The summed E-state index contributed by atoms with van der Waals surface area (Å²) in [6, 6.07) is 1.57. The van der Waals surface area contributed by atoms with Crippen molar-refractivity contribution in [1.29, 1.82) is 0 Å². The second kappa shape index (κ2) is 3.22. The molecule has 2 aromatic heterocycles. The lowest BCUT2D eigenvalue weighted by atomic mass is 10.3. The molecule has 1 atom stereocenters. The maximum atomic E-state index is 5.59. The van der Waals surface area contributed by atoms with E-state index in [0.717, 1.165) is 0 Å². The molecule has 0 radical (unpaired) electrons. The molecule has 0 saturated carbocycles. The van der Waals surface area contributed by atoms with Gasteiger partial charge in [-0.3, -0.25) is 4.68 Å². The molecule has 0 aliphatic rings. The monoisotopic (exact) mass is 193 g/mol. The van der Waals surface area contributed by atoms with Crippen molar-refractivity contribution < 1.29 is 4.52 Å². The number of nitrogens with zero attached hydrogens (tertiary/aromatic N) is 4. The van der Waals surface area contributed by atoms with Crippen LogP contribution in [0.25, 0.3) is 11.5 Å². The number of aryl methyl sites for hydroxylation is 1. The molecule has 0 spiro atoms. The largest absolute Gasteiger partial charge is 0.337 e. The quantitative estimate of drug-likeness (QED) is 0.750. The number of nitrogens with two attached hydrogens (primary N) is 1. The van der Waals surface area contributed by atoms with E-state index >= 15 is 0 Å². The number of hydrogen-bond acceptors (Lipinski definition) is 5. The third kappa shape index (κ3) is 1.51. The van der Waals surface area contributed by atoms with Gasteiger partial charge in [-0.1, -0.05) is 5.16 Å². The van der Waals surface area contributed by atoms with E-state index in [1.54, 1.807) is 11.6 Å². The molecule has 2 rings (SSSR count). The molecular weight excluding hydrogens is 182 g/mol. The predicted molar refractivity (Wildman–Crippen MR) is 49.1 cm³/mol. The highest BCUT2D eigenvalue weighted by atomic mass is 16.5. The molecule has 0 aliphatic carbocycles. The fourth-order valence-electron chi connectivity index (χ4n) is 1.06. The Morgan fingerprint density at radius 3 is 2.86 bits per heavy atom. The van der Waals surface area contributed by atoms with Crippen molar-refractivity contribution in [3.63, 3.8) is 0 Å². The van der Waals surface area contributed by atoms with Crippen LogP contribution in [0.1, 0.15) is 18.9 Å². The van der Waals surface area contributed by atoms with E-state index in [9.17, 15) is 0 Å². The van der Waals surface area contributed by atoms with Gasteiger partial charge in [0.15, 0.2) is 0 Å². The summed E-state index contributed by atoms with van der Waals surface area (Å²) in [6.07, 6.45) is 1.82. The van der Waals surface area contributed by atoms with Crippen LogP contribution in [0.2, 0.25) is 0 Å². The number of rotatable bonds is 2. The number of hydrogen-bond donors (Lipinski definition) is 1. The highest BCUT2D eigenvalue weighted by Gasteiger charge is 2.12. The Hall–Kier alpha value is -1.69. The van der Waals surface area contributed by atoms with Gasteiger partial charge in [-0.15, -0.1) is 0 Å². The van der Waals surface area contributed by atoms with Gasteiger partial charge in [-0.05, 0) is 13.0 Å². The van der Waals surface area contributed by atoms with E-state index in [4.69, 9.17) is 10.3 Å². The first-order valence-electron chi connectivity index (χ1n) is 4.26. The predicted octanol–water partition coefficient (Wildman–Crippen LogP) is 0.490. The van der Waals surface area contributed by atoms with Gasteiger partial charge >= 0.3 is 0 Å². The summed E-state index contributed by atoms with van der Waals surface area (Å²) in [6.45, 7) is 1.79. The average molecular weight is 193 g/mol. The van der Waals surface area contributed by atoms with Gasteiger partial charge < -0.3 is 10.3 Å². The molecule has 0 aliphatic heterocycles. The zero-order valence-corrected chi connectivity index (χ0v) is 8.01. The van der Waals surface area contributed by atoms with Gasteiger partial charge in [0.25, 0.3) is 0 Å². The highest BCUT2D eigenvalue weighted by molar-refractivity contribution is 5.46. The first-order valence-corrected chi connectivity index (χ1v) is 4.26. The molecule has 14 heavy (non-hydrogen) atoms. The minimum absolute atomic E-state index is 0.250. The highest BCUT2D eigenvalue weighted by Crippen LogP contribution is 2.14. The molecule has 74 valence electrons. The Labute approximate surface area is 80.7 Å². The van der Waals surface area contributed by atoms with E-state index in [2.05, 4.69) is 15.2 Å². The van der Waals surface area contributed by atoms with Crippen LogP contribution in [0.4, 0.5) is 0 Å². The van der Waals surface area contributed by atoms with Crippen molar-refractivity contribution >= 4 is 0 Å². The Morgan fingerprint density at radius 1 is 1.57 bits per heavy atom. The second-order valence-corrected chi connectivity index (χ2v) is 3.12. The van der Waals surface area contributed by atoms with Crippen LogP contribution >= 0.6 is 0 Å². The van der Waals surface area contributed by atoms with Gasteiger partial charge in [0.05, 0.1) is 6.04 Å². The van der Waals surface area contributed by atoms with Crippen molar-refractivity contribution in [1.82, 2.24) is 19.9 Å². The molecule has 0 aromatic carbocycles. The zero-order chi connectivity index (χ0) is 10.1. The van der Waals surface area contributed by atoms with Crippen LogP contribution in [0.5, 0.6) is 0 Å². The Kier molecular flexibility index (Phi) is 2.05. The third-order valence-electron chi connectivity index (χ3n) is 1.77. The number of aromatic nitrogens is 4. The Bertz CT molecular complexity index is 430. The third-order valence-corrected chi connectivity index (χ3v) is 1.77. The normalized spacial score (nSPS) is 13.1. The molecule has 1 unspecified atom stereocenters. The van der Waals surface area contributed by atoms with Crippen molar-refractivity contribution in [2.75, 3.05) is 0 Å². The molecule has 0 bridgehead atoms. The van der Waals surface area contributed by atoms with Crippen LogP contribution in [0, 0.1) is 0 Å². The fraction of sp³-hybridized carbons (Fsp3) is 0.375. The molecule has 6 nitrogen and oxygen atoms in total. The summed E-state index contributed by atoms with van der Waals surface area (Å²) in [5, 5.41) is 7.92. The van der Waals surface area contributed by atoms with Crippen LogP contribution < -0.4 is 5.73 Å². The van der Waals surface area contributed by atoms with E-state index in [0.29, 0.717) is 17.4 Å².